The Labute approximate surface area is 177 Å². The molecule has 2 rings (SSSR count). The number of benzene rings is 1. The molecule has 0 atom stereocenters. The molecule has 0 saturated heterocycles. The number of hydrogen-bond acceptors (Lipinski definition) is 7. The zero-order chi connectivity index (χ0) is 21.2. The Balaban J connectivity index is 1.92. The lowest BCUT2D eigenvalue weighted by Gasteiger charge is -2.21. The Morgan fingerprint density at radius 1 is 1.28 bits per heavy atom. The number of aromatic nitrogens is 1. The van der Waals surface area contributed by atoms with Gasteiger partial charge in [0.2, 0.25) is 17.7 Å². The number of nitrogens with one attached hydrogen (secondary N) is 1. The second-order valence-corrected chi connectivity index (χ2v) is 8.23. The van der Waals surface area contributed by atoms with E-state index < -0.39 is 5.91 Å². The van der Waals surface area contributed by atoms with Crippen molar-refractivity contribution >= 4 is 51.6 Å². The maximum absolute atomic E-state index is 12.6. The first kappa shape index (κ1) is 22.4. The largest absolute Gasteiger partial charge is 0.369 e. The van der Waals surface area contributed by atoms with E-state index in [1.165, 1.54) is 28.0 Å². The third-order valence-electron chi connectivity index (χ3n) is 3.73. The van der Waals surface area contributed by atoms with Crippen LogP contribution in [0.25, 0.3) is 0 Å². The molecule has 2 aromatic rings. The van der Waals surface area contributed by atoms with Gasteiger partial charge in [0.25, 0.3) is 0 Å². The second kappa shape index (κ2) is 11.2. The van der Waals surface area contributed by atoms with Crippen molar-refractivity contribution in [3.05, 3.63) is 36.0 Å². The Morgan fingerprint density at radius 2 is 2.00 bits per heavy atom. The van der Waals surface area contributed by atoms with Crippen molar-refractivity contribution < 1.29 is 14.4 Å². The molecule has 0 unspecified atom stereocenters. The highest BCUT2D eigenvalue weighted by atomic mass is 32.2. The van der Waals surface area contributed by atoms with Gasteiger partial charge in [-0.25, -0.2) is 4.98 Å². The Kier molecular flexibility index (Phi) is 8.64. The van der Waals surface area contributed by atoms with Gasteiger partial charge in [-0.1, -0.05) is 29.5 Å². The Hall–Kier alpha value is -2.90. The van der Waals surface area contributed by atoms with Crippen LogP contribution in [0, 0.1) is 18.3 Å². The summed E-state index contributed by atoms with van der Waals surface area (Å²) >= 11 is 2.53. The summed E-state index contributed by atoms with van der Waals surface area (Å²) in [5.74, 6) is -0.837. The van der Waals surface area contributed by atoms with E-state index in [0.29, 0.717) is 16.5 Å². The first-order valence-corrected chi connectivity index (χ1v) is 10.6. The number of para-hydroxylation sites is 1. The number of aryl methyl sites for hydroxylation is 1. The Morgan fingerprint density at radius 3 is 2.66 bits per heavy atom. The van der Waals surface area contributed by atoms with Gasteiger partial charge in [-0.05, 0) is 19.1 Å². The highest BCUT2D eigenvalue weighted by Crippen LogP contribution is 2.31. The summed E-state index contributed by atoms with van der Waals surface area (Å²) in [6, 6.07) is 11.1. The van der Waals surface area contributed by atoms with Gasteiger partial charge in [-0.15, -0.1) is 11.8 Å². The number of thioether (sulfide) groups is 1. The molecule has 0 aliphatic rings. The number of anilines is 2. The SMILES string of the molecule is Cc1nc(NC(=O)CCC(=O)N(CCC#N)c2ccccc2)sc1SCC(N)=O. The van der Waals surface area contributed by atoms with Crippen LogP contribution in [0.2, 0.25) is 0 Å². The number of thiazole rings is 1. The highest BCUT2D eigenvalue weighted by molar-refractivity contribution is 8.01. The molecule has 1 aromatic heterocycles. The van der Waals surface area contributed by atoms with Crippen molar-refractivity contribution in [1.82, 2.24) is 4.98 Å². The van der Waals surface area contributed by atoms with Gasteiger partial charge in [0.1, 0.15) is 0 Å². The van der Waals surface area contributed by atoms with E-state index in [2.05, 4.69) is 10.3 Å². The molecular weight excluding hydrogens is 410 g/mol. The van der Waals surface area contributed by atoms with Crippen LogP contribution in [0.3, 0.4) is 0 Å². The van der Waals surface area contributed by atoms with Crippen LogP contribution in [0.1, 0.15) is 25.0 Å². The number of nitrogens with two attached hydrogens (primary N) is 1. The molecule has 152 valence electrons. The molecule has 0 aliphatic heterocycles. The average molecular weight is 432 g/mol. The standard InChI is InChI=1S/C19H21N5O3S2/c1-13-18(28-12-15(21)25)29-19(22-13)23-16(26)8-9-17(27)24(11-5-10-20)14-6-3-2-4-7-14/h2-4,6-7H,5,8-9,11-12H2,1H3,(H2,21,25)(H,22,23,26). The van der Waals surface area contributed by atoms with E-state index in [1.54, 1.807) is 19.1 Å². The predicted molar refractivity (Wildman–Crippen MR) is 114 cm³/mol. The summed E-state index contributed by atoms with van der Waals surface area (Å²) in [7, 11) is 0. The molecule has 29 heavy (non-hydrogen) atoms. The van der Waals surface area contributed by atoms with Gasteiger partial charge in [-0.3, -0.25) is 14.4 Å². The number of amides is 3. The molecule has 1 heterocycles. The van der Waals surface area contributed by atoms with E-state index in [0.717, 1.165) is 4.21 Å². The van der Waals surface area contributed by atoms with Crippen molar-refractivity contribution in [3.8, 4) is 6.07 Å². The third-order valence-corrected chi connectivity index (χ3v) is 6.19. The number of hydrogen-bond donors (Lipinski definition) is 2. The van der Waals surface area contributed by atoms with Crippen molar-refractivity contribution in [2.45, 2.75) is 30.4 Å². The quantitative estimate of drug-likeness (QED) is 0.556. The van der Waals surface area contributed by atoms with Gasteiger partial charge in [-0.2, -0.15) is 5.26 Å². The lowest BCUT2D eigenvalue weighted by atomic mass is 10.2. The number of carbonyl (C=O) groups excluding carboxylic acids is 3. The van der Waals surface area contributed by atoms with E-state index in [-0.39, 0.29) is 43.4 Å². The van der Waals surface area contributed by atoms with Crippen molar-refractivity contribution in [2.24, 2.45) is 5.73 Å². The smallest absolute Gasteiger partial charge is 0.227 e. The zero-order valence-corrected chi connectivity index (χ0v) is 17.5. The maximum atomic E-state index is 12.6. The van der Waals surface area contributed by atoms with E-state index in [1.807, 2.05) is 24.3 Å². The van der Waals surface area contributed by atoms with E-state index in [4.69, 9.17) is 11.0 Å². The van der Waals surface area contributed by atoms with Crippen LogP contribution in [-0.2, 0) is 14.4 Å². The number of rotatable bonds is 10. The fourth-order valence-corrected chi connectivity index (χ4v) is 4.30. The van der Waals surface area contributed by atoms with Crippen molar-refractivity contribution in [3.63, 3.8) is 0 Å². The lowest BCUT2D eigenvalue weighted by molar-refractivity contribution is -0.122. The van der Waals surface area contributed by atoms with Gasteiger partial charge in [0, 0.05) is 25.1 Å². The van der Waals surface area contributed by atoms with Crippen LogP contribution in [-0.4, -0.2) is 35.0 Å². The minimum absolute atomic E-state index is 0.00287. The molecule has 0 spiro atoms. The minimum atomic E-state index is -0.425. The van der Waals surface area contributed by atoms with Crippen LogP contribution in [0.15, 0.2) is 34.5 Å². The summed E-state index contributed by atoms with van der Waals surface area (Å²) in [6.07, 6.45) is 0.216. The first-order valence-electron chi connectivity index (χ1n) is 8.81. The molecule has 0 saturated carbocycles. The van der Waals surface area contributed by atoms with Crippen LogP contribution < -0.4 is 16.0 Å². The summed E-state index contributed by atoms with van der Waals surface area (Å²) in [5, 5.41) is 11.9. The average Bonchev–Trinajstić information content (AvgIpc) is 3.04. The monoisotopic (exact) mass is 431 g/mol. The normalized spacial score (nSPS) is 10.2. The van der Waals surface area contributed by atoms with Crippen molar-refractivity contribution in [2.75, 3.05) is 22.5 Å². The first-order chi connectivity index (χ1) is 13.9. The van der Waals surface area contributed by atoms with Crippen LogP contribution in [0.5, 0.6) is 0 Å². The van der Waals surface area contributed by atoms with Gasteiger partial charge < -0.3 is 16.0 Å². The third kappa shape index (κ3) is 7.21. The number of carbonyl (C=O) groups is 3. The summed E-state index contributed by atoms with van der Waals surface area (Å²) in [6.45, 7) is 2.05. The van der Waals surface area contributed by atoms with Crippen molar-refractivity contribution in [1.29, 1.82) is 5.26 Å². The minimum Gasteiger partial charge on any atom is -0.369 e. The summed E-state index contributed by atoms with van der Waals surface area (Å²) in [4.78, 5) is 41.5. The molecule has 3 amide bonds. The zero-order valence-electron chi connectivity index (χ0n) is 15.9. The maximum Gasteiger partial charge on any atom is 0.227 e. The van der Waals surface area contributed by atoms with Gasteiger partial charge in [0.05, 0.1) is 28.1 Å². The molecule has 3 N–H and O–H groups in total. The fourth-order valence-electron chi connectivity index (χ4n) is 2.41. The molecule has 1 aromatic carbocycles. The second-order valence-electron chi connectivity index (χ2n) is 5.98. The fraction of sp³-hybridized carbons (Fsp3) is 0.316. The van der Waals surface area contributed by atoms with Gasteiger partial charge >= 0.3 is 0 Å². The molecule has 0 bridgehead atoms. The number of primary amides is 1. The van der Waals surface area contributed by atoms with E-state index in [9.17, 15) is 14.4 Å². The summed E-state index contributed by atoms with van der Waals surface area (Å²) in [5.41, 5.74) is 6.55. The van der Waals surface area contributed by atoms with Crippen LogP contribution in [0.4, 0.5) is 10.8 Å². The molecule has 0 fully saturated rings. The summed E-state index contributed by atoms with van der Waals surface area (Å²) < 4.78 is 0.807. The molecule has 8 nitrogen and oxygen atoms in total. The van der Waals surface area contributed by atoms with Crippen LogP contribution >= 0.6 is 23.1 Å². The molecule has 10 heteroatoms. The van der Waals surface area contributed by atoms with Gasteiger partial charge in [0.15, 0.2) is 5.13 Å². The number of nitriles is 1. The van der Waals surface area contributed by atoms with E-state index >= 15 is 0 Å². The Bertz CT molecular complexity index is 908. The number of nitrogens with zero attached hydrogens (tertiary/aromatic N) is 3. The molecular formula is C19H21N5O3S2. The highest BCUT2D eigenvalue weighted by Gasteiger charge is 2.18. The topological polar surface area (TPSA) is 129 Å². The lowest BCUT2D eigenvalue weighted by Crippen LogP contribution is -2.32. The molecule has 0 radical (unpaired) electrons. The predicted octanol–water partition coefficient (Wildman–Crippen LogP) is 2.69. The molecule has 0 aliphatic carbocycles.